The maximum atomic E-state index is 10.4. The van der Waals surface area contributed by atoms with E-state index in [-0.39, 0.29) is 6.61 Å². The molecule has 0 saturated heterocycles. The highest BCUT2D eigenvalue weighted by Gasteiger charge is 2.04. The second-order valence-corrected chi connectivity index (χ2v) is 5.81. The van der Waals surface area contributed by atoms with Gasteiger partial charge in [-0.2, -0.15) is 0 Å². The molecule has 1 rings (SSSR count). The van der Waals surface area contributed by atoms with Gasteiger partial charge in [0.15, 0.2) is 0 Å². The van der Waals surface area contributed by atoms with Crippen LogP contribution < -0.4 is 5.73 Å². The molecule has 0 saturated carbocycles. The number of nitrogens with two attached hydrogens (primary N) is 1. The van der Waals surface area contributed by atoms with E-state index in [1.165, 1.54) is 11.3 Å². The van der Waals surface area contributed by atoms with Crippen molar-refractivity contribution < 1.29 is 9.53 Å². The molecule has 7 heteroatoms. The van der Waals surface area contributed by atoms with Gasteiger partial charge in [-0.25, -0.2) is 9.78 Å². The third-order valence-corrected chi connectivity index (χ3v) is 3.76. The average molecular weight is 261 g/mol. The van der Waals surface area contributed by atoms with Crippen molar-refractivity contribution in [1.82, 2.24) is 9.88 Å². The molecule has 2 N–H and O–H groups in total. The first kappa shape index (κ1) is 13.3. The molecule has 5 nitrogen and oxygen atoms in total. The molecule has 0 radical (unpaired) electrons. The van der Waals surface area contributed by atoms with Crippen LogP contribution in [0, 0.1) is 0 Å². The number of hydrogen-bond donors (Lipinski definition) is 1. The minimum atomic E-state index is -0.754. The lowest BCUT2D eigenvalue weighted by Crippen LogP contribution is -2.14. The van der Waals surface area contributed by atoms with Crippen LogP contribution in [0.3, 0.4) is 0 Å². The molecule has 0 unspecified atom stereocenters. The first-order chi connectivity index (χ1) is 7.58. The summed E-state index contributed by atoms with van der Waals surface area (Å²) >= 11 is 3.22. The Morgan fingerprint density at radius 3 is 3.06 bits per heavy atom. The van der Waals surface area contributed by atoms with Crippen LogP contribution in [-0.2, 0) is 11.3 Å². The van der Waals surface area contributed by atoms with Gasteiger partial charge in [0.1, 0.15) is 10.9 Å². The minimum absolute atomic E-state index is 0.210. The van der Waals surface area contributed by atoms with Crippen molar-refractivity contribution in [3.05, 3.63) is 11.1 Å². The maximum absolute atomic E-state index is 10.4. The van der Waals surface area contributed by atoms with E-state index in [1.807, 2.05) is 14.1 Å². The molecule has 0 aliphatic carbocycles. The van der Waals surface area contributed by atoms with E-state index >= 15 is 0 Å². The van der Waals surface area contributed by atoms with E-state index in [2.05, 4.69) is 14.6 Å². The number of amides is 1. The molecule has 1 amide bonds. The number of carbonyl (C=O) groups is 1. The molecule has 1 heterocycles. The number of ether oxygens (including phenoxy) is 1. The molecule has 0 fully saturated rings. The minimum Gasteiger partial charge on any atom is -0.444 e. The third kappa shape index (κ3) is 5.34. The highest BCUT2D eigenvalue weighted by Crippen LogP contribution is 2.24. The number of rotatable bonds is 6. The standard InChI is InChI=1S/C9H15N3O2S2/c1-12(2)3-4-15-9-11-5-7(16-9)6-14-8(10)13/h5H,3-4,6H2,1-2H3,(H2,10,13). The Morgan fingerprint density at radius 1 is 1.69 bits per heavy atom. The van der Waals surface area contributed by atoms with Gasteiger partial charge in [0.25, 0.3) is 0 Å². The number of aromatic nitrogens is 1. The van der Waals surface area contributed by atoms with Crippen molar-refractivity contribution in [1.29, 1.82) is 0 Å². The van der Waals surface area contributed by atoms with E-state index in [9.17, 15) is 4.79 Å². The van der Waals surface area contributed by atoms with Crippen LogP contribution in [0.15, 0.2) is 10.5 Å². The van der Waals surface area contributed by atoms with Crippen LogP contribution in [0.4, 0.5) is 4.79 Å². The first-order valence-electron chi connectivity index (χ1n) is 4.72. The summed E-state index contributed by atoms with van der Waals surface area (Å²) in [6.45, 7) is 1.22. The highest BCUT2D eigenvalue weighted by molar-refractivity contribution is 8.01. The van der Waals surface area contributed by atoms with Crippen molar-refractivity contribution in [2.45, 2.75) is 10.9 Å². The van der Waals surface area contributed by atoms with Crippen molar-refractivity contribution in [2.24, 2.45) is 5.73 Å². The number of nitrogens with zero attached hydrogens (tertiary/aromatic N) is 2. The van der Waals surface area contributed by atoms with Gasteiger partial charge in [-0.05, 0) is 14.1 Å². The van der Waals surface area contributed by atoms with Crippen LogP contribution in [0.2, 0.25) is 0 Å². The summed E-state index contributed by atoms with van der Waals surface area (Å²) in [5.74, 6) is 0.997. The molecular formula is C9H15N3O2S2. The topological polar surface area (TPSA) is 68.5 Å². The lowest BCUT2D eigenvalue weighted by molar-refractivity contribution is 0.151. The fraction of sp³-hybridized carbons (Fsp3) is 0.556. The SMILES string of the molecule is CN(C)CCSc1ncc(COC(N)=O)s1. The fourth-order valence-corrected chi connectivity index (χ4v) is 3.00. The quantitative estimate of drug-likeness (QED) is 0.784. The Bertz CT molecular complexity index is 341. The third-order valence-electron chi connectivity index (χ3n) is 1.65. The van der Waals surface area contributed by atoms with Gasteiger partial charge >= 0.3 is 6.09 Å². The zero-order valence-electron chi connectivity index (χ0n) is 9.30. The lowest BCUT2D eigenvalue weighted by Gasteiger charge is -2.06. The van der Waals surface area contributed by atoms with Gasteiger partial charge in [-0.3, -0.25) is 0 Å². The van der Waals surface area contributed by atoms with Gasteiger partial charge < -0.3 is 15.4 Å². The fourth-order valence-electron chi connectivity index (χ4n) is 0.881. The van der Waals surface area contributed by atoms with Crippen LogP contribution in [0.25, 0.3) is 0 Å². The molecule has 0 aliphatic rings. The largest absolute Gasteiger partial charge is 0.444 e. The van der Waals surface area contributed by atoms with Crippen molar-refractivity contribution >= 4 is 29.2 Å². The van der Waals surface area contributed by atoms with E-state index in [0.29, 0.717) is 0 Å². The number of thioether (sulfide) groups is 1. The normalized spacial score (nSPS) is 10.7. The van der Waals surface area contributed by atoms with E-state index in [4.69, 9.17) is 5.73 Å². The summed E-state index contributed by atoms with van der Waals surface area (Å²) in [4.78, 5) is 17.7. The Kier molecular flexibility index (Phi) is 5.58. The summed E-state index contributed by atoms with van der Waals surface area (Å²) in [6, 6.07) is 0. The molecule has 1 aromatic rings. The van der Waals surface area contributed by atoms with Crippen molar-refractivity contribution in [3.8, 4) is 0 Å². The predicted octanol–water partition coefficient (Wildman–Crippen LogP) is 1.39. The second-order valence-electron chi connectivity index (χ2n) is 3.35. The van der Waals surface area contributed by atoms with E-state index in [0.717, 1.165) is 21.5 Å². The zero-order chi connectivity index (χ0) is 12.0. The summed E-state index contributed by atoms with van der Waals surface area (Å²) < 4.78 is 5.67. The Labute approximate surface area is 103 Å². The van der Waals surface area contributed by atoms with E-state index in [1.54, 1.807) is 18.0 Å². The Morgan fingerprint density at radius 2 is 2.44 bits per heavy atom. The molecule has 1 aromatic heterocycles. The maximum Gasteiger partial charge on any atom is 0.404 e. The summed E-state index contributed by atoms with van der Waals surface area (Å²) in [5.41, 5.74) is 4.87. The molecule has 16 heavy (non-hydrogen) atoms. The van der Waals surface area contributed by atoms with Crippen molar-refractivity contribution in [3.63, 3.8) is 0 Å². The molecule has 0 aliphatic heterocycles. The molecular weight excluding hydrogens is 246 g/mol. The van der Waals surface area contributed by atoms with Gasteiger partial charge in [-0.15, -0.1) is 11.3 Å². The van der Waals surface area contributed by atoms with Gasteiger partial charge in [0.2, 0.25) is 0 Å². The van der Waals surface area contributed by atoms with Gasteiger partial charge in [0.05, 0.1) is 4.88 Å². The van der Waals surface area contributed by atoms with Gasteiger partial charge in [-0.1, -0.05) is 11.8 Å². The second kappa shape index (κ2) is 6.72. The first-order valence-corrected chi connectivity index (χ1v) is 6.52. The highest BCUT2D eigenvalue weighted by atomic mass is 32.2. The van der Waals surface area contributed by atoms with Crippen LogP contribution in [-0.4, -0.2) is 42.4 Å². The van der Waals surface area contributed by atoms with Crippen LogP contribution >= 0.6 is 23.1 Å². The summed E-state index contributed by atoms with van der Waals surface area (Å²) in [7, 11) is 4.07. The number of carbonyl (C=O) groups excluding carboxylic acids is 1. The number of thiazole rings is 1. The molecule has 0 atom stereocenters. The average Bonchev–Trinajstić information content (AvgIpc) is 2.62. The molecule has 0 spiro atoms. The summed E-state index contributed by atoms with van der Waals surface area (Å²) in [5, 5.41) is 0. The monoisotopic (exact) mass is 261 g/mol. The smallest absolute Gasteiger partial charge is 0.404 e. The van der Waals surface area contributed by atoms with Gasteiger partial charge in [0, 0.05) is 18.5 Å². The van der Waals surface area contributed by atoms with E-state index < -0.39 is 6.09 Å². The Hall–Kier alpha value is -0.790. The molecule has 0 aromatic carbocycles. The zero-order valence-corrected chi connectivity index (χ0v) is 10.9. The van der Waals surface area contributed by atoms with Crippen molar-refractivity contribution in [2.75, 3.05) is 26.4 Å². The predicted molar refractivity (Wildman–Crippen MR) is 65.8 cm³/mol. The molecule has 0 bridgehead atoms. The number of primary amides is 1. The lowest BCUT2D eigenvalue weighted by atomic mass is 10.6. The Balaban J connectivity index is 2.30. The number of hydrogen-bond acceptors (Lipinski definition) is 6. The molecule has 90 valence electrons. The summed E-state index contributed by atoms with van der Waals surface area (Å²) in [6.07, 6.45) is 0.959. The van der Waals surface area contributed by atoms with Crippen LogP contribution in [0.5, 0.6) is 0 Å². The van der Waals surface area contributed by atoms with Crippen LogP contribution in [0.1, 0.15) is 4.88 Å².